The molecule has 0 atom stereocenters. The largest absolute Gasteiger partial charge is 0.490 e. The molecule has 0 radical (unpaired) electrons. The molecule has 2 aromatic rings. The Hall–Kier alpha value is -2.74. The quantitative estimate of drug-likeness (QED) is 0.804. The molecule has 8 heteroatoms. The van der Waals surface area contributed by atoms with E-state index in [1.807, 2.05) is 0 Å². The number of nitrogens with zero attached hydrogens (tertiary/aromatic N) is 2. The summed E-state index contributed by atoms with van der Waals surface area (Å²) in [5.41, 5.74) is 0.988. The summed E-state index contributed by atoms with van der Waals surface area (Å²) in [5.74, 6) is 0.891. The summed E-state index contributed by atoms with van der Waals surface area (Å²) in [6.07, 6.45) is 0. The van der Waals surface area contributed by atoms with Crippen LogP contribution in [-0.4, -0.2) is 40.6 Å². The van der Waals surface area contributed by atoms with Crippen LogP contribution >= 0.6 is 0 Å². The van der Waals surface area contributed by atoms with Crippen LogP contribution in [0, 0.1) is 0 Å². The van der Waals surface area contributed by atoms with Crippen LogP contribution < -0.4 is 18.7 Å². The van der Waals surface area contributed by atoms with Gasteiger partial charge in [-0.15, -0.1) is 0 Å². The maximum Gasteiger partial charge on any atom is 0.264 e. The molecule has 2 aliphatic heterocycles. The van der Waals surface area contributed by atoms with Crippen molar-refractivity contribution in [1.82, 2.24) is 0 Å². The van der Waals surface area contributed by atoms with Gasteiger partial charge in [-0.3, -0.25) is 9.10 Å². The number of rotatable bonds is 2. The smallest absolute Gasteiger partial charge is 0.264 e. The third-order valence-electron chi connectivity index (χ3n) is 4.45. The molecular formula is C18H18N2O5S. The number of fused-ring (bicyclic) bond motifs is 2. The maximum absolute atomic E-state index is 13.2. The number of anilines is 2. The van der Waals surface area contributed by atoms with Crippen molar-refractivity contribution in [3.8, 4) is 11.5 Å². The van der Waals surface area contributed by atoms with Crippen LogP contribution in [-0.2, 0) is 14.8 Å². The van der Waals surface area contributed by atoms with Gasteiger partial charge in [-0.25, -0.2) is 8.42 Å². The van der Waals surface area contributed by atoms with Gasteiger partial charge in [0, 0.05) is 6.92 Å². The molecule has 0 aromatic heterocycles. The molecule has 0 bridgehead atoms. The van der Waals surface area contributed by atoms with E-state index < -0.39 is 10.0 Å². The van der Waals surface area contributed by atoms with Gasteiger partial charge in [-0.2, -0.15) is 0 Å². The minimum absolute atomic E-state index is 0.115. The zero-order valence-corrected chi connectivity index (χ0v) is 15.0. The highest BCUT2D eigenvalue weighted by Crippen LogP contribution is 2.38. The highest BCUT2D eigenvalue weighted by atomic mass is 32.2. The number of benzene rings is 2. The van der Waals surface area contributed by atoms with Gasteiger partial charge in [-0.05, 0) is 30.3 Å². The Morgan fingerprint density at radius 1 is 0.962 bits per heavy atom. The standard InChI is InChI=1S/C18H18N2O5S/c1-13(21)19-8-10-24-18-7-6-14(12-16(18)19)26(22,23)20-9-11-25-17-5-3-2-4-15(17)20/h2-7,12H,8-11H2,1H3. The molecule has 2 aromatic carbocycles. The zero-order chi connectivity index (χ0) is 18.3. The second-order valence-electron chi connectivity index (χ2n) is 6.04. The molecule has 0 saturated carbocycles. The first-order valence-electron chi connectivity index (χ1n) is 8.28. The van der Waals surface area contributed by atoms with E-state index in [-0.39, 0.29) is 24.0 Å². The number of amides is 1. The van der Waals surface area contributed by atoms with Crippen molar-refractivity contribution in [2.24, 2.45) is 0 Å². The maximum atomic E-state index is 13.2. The van der Waals surface area contributed by atoms with Crippen LogP contribution in [0.2, 0.25) is 0 Å². The predicted molar refractivity (Wildman–Crippen MR) is 96.4 cm³/mol. The van der Waals surface area contributed by atoms with E-state index in [0.717, 1.165) is 0 Å². The lowest BCUT2D eigenvalue weighted by atomic mass is 10.2. The Morgan fingerprint density at radius 2 is 1.65 bits per heavy atom. The minimum Gasteiger partial charge on any atom is -0.490 e. The first-order valence-corrected chi connectivity index (χ1v) is 9.72. The molecule has 2 heterocycles. The van der Waals surface area contributed by atoms with Gasteiger partial charge in [0.15, 0.2) is 0 Å². The molecular weight excluding hydrogens is 356 g/mol. The van der Waals surface area contributed by atoms with E-state index in [1.165, 1.54) is 28.3 Å². The number of sulfonamides is 1. The highest BCUT2D eigenvalue weighted by Gasteiger charge is 2.32. The van der Waals surface area contributed by atoms with Gasteiger partial charge in [0.05, 0.1) is 29.4 Å². The van der Waals surface area contributed by atoms with Crippen molar-refractivity contribution in [1.29, 1.82) is 0 Å². The van der Waals surface area contributed by atoms with Gasteiger partial charge in [0.25, 0.3) is 10.0 Å². The molecule has 136 valence electrons. The Bertz CT molecular complexity index is 973. The minimum atomic E-state index is -3.80. The van der Waals surface area contributed by atoms with Crippen LogP contribution in [0.5, 0.6) is 11.5 Å². The zero-order valence-electron chi connectivity index (χ0n) is 14.2. The molecule has 1 amide bonds. The molecule has 4 rings (SSSR count). The summed E-state index contributed by atoms with van der Waals surface area (Å²) in [4.78, 5) is 13.5. The normalized spacial score (nSPS) is 16.2. The molecule has 0 aliphatic carbocycles. The number of ether oxygens (including phenoxy) is 2. The third kappa shape index (κ3) is 2.66. The van der Waals surface area contributed by atoms with Crippen LogP contribution in [0.15, 0.2) is 47.4 Å². The van der Waals surface area contributed by atoms with Crippen molar-refractivity contribution >= 4 is 27.3 Å². The second kappa shape index (κ2) is 6.21. The summed E-state index contributed by atoms with van der Waals surface area (Å²) in [5, 5.41) is 0. The molecule has 0 spiro atoms. The first-order chi connectivity index (χ1) is 12.5. The van der Waals surface area contributed by atoms with E-state index in [0.29, 0.717) is 36.0 Å². The number of hydrogen-bond donors (Lipinski definition) is 0. The first kappa shape index (κ1) is 16.7. The van der Waals surface area contributed by atoms with Crippen molar-refractivity contribution in [3.05, 3.63) is 42.5 Å². The van der Waals surface area contributed by atoms with Crippen molar-refractivity contribution in [2.75, 3.05) is 35.5 Å². The lowest BCUT2D eigenvalue weighted by Crippen LogP contribution is -2.39. The second-order valence-corrected chi connectivity index (χ2v) is 7.90. The molecule has 0 fully saturated rings. The predicted octanol–water partition coefficient (Wildman–Crippen LogP) is 2.02. The van der Waals surface area contributed by atoms with E-state index in [9.17, 15) is 13.2 Å². The number of para-hydroxylation sites is 2. The number of carbonyl (C=O) groups is 1. The lowest BCUT2D eigenvalue weighted by molar-refractivity contribution is -0.116. The summed E-state index contributed by atoms with van der Waals surface area (Å²) in [6, 6.07) is 11.7. The lowest BCUT2D eigenvalue weighted by Gasteiger charge is -2.32. The Morgan fingerprint density at radius 3 is 2.42 bits per heavy atom. The van der Waals surface area contributed by atoms with E-state index in [2.05, 4.69) is 0 Å². The SMILES string of the molecule is CC(=O)N1CCOc2ccc(S(=O)(=O)N3CCOc4ccccc43)cc21. The number of carbonyl (C=O) groups excluding carboxylic acids is 1. The number of hydrogen-bond acceptors (Lipinski definition) is 5. The Balaban J connectivity index is 1.79. The van der Waals surface area contributed by atoms with Gasteiger partial charge in [-0.1, -0.05) is 12.1 Å². The fourth-order valence-corrected chi connectivity index (χ4v) is 4.69. The summed E-state index contributed by atoms with van der Waals surface area (Å²) in [7, 11) is -3.80. The molecule has 0 unspecified atom stereocenters. The monoisotopic (exact) mass is 374 g/mol. The van der Waals surface area contributed by atoms with Crippen molar-refractivity contribution < 1.29 is 22.7 Å². The van der Waals surface area contributed by atoms with E-state index >= 15 is 0 Å². The molecule has 7 nitrogen and oxygen atoms in total. The van der Waals surface area contributed by atoms with Crippen molar-refractivity contribution in [3.63, 3.8) is 0 Å². The average Bonchev–Trinajstić information content (AvgIpc) is 2.66. The van der Waals surface area contributed by atoms with Gasteiger partial charge in [0.2, 0.25) is 5.91 Å². The average molecular weight is 374 g/mol. The van der Waals surface area contributed by atoms with E-state index in [1.54, 1.807) is 30.3 Å². The Kier molecular flexibility index (Phi) is 3.99. The van der Waals surface area contributed by atoms with Gasteiger partial charge < -0.3 is 14.4 Å². The molecule has 0 saturated heterocycles. The van der Waals surface area contributed by atoms with Crippen LogP contribution in [0.4, 0.5) is 11.4 Å². The fraction of sp³-hybridized carbons (Fsp3) is 0.278. The summed E-state index contributed by atoms with van der Waals surface area (Å²) >= 11 is 0. The van der Waals surface area contributed by atoms with Crippen LogP contribution in [0.1, 0.15) is 6.92 Å². The molecule has 0 N–H and O–H groups in total. The summed E-state index contributed by atoms with van der Waals surface area (Å²) in [6.45, 7) is 2.74. The van der Waals surface area contributed by atoms with Gasteiger partial charge in [0.1, 0.15) is 24.7 Å². The topological polar surface area (TPSA) is 76.2 Å². The summed E-state index contributed by atoms with van der Waals surface area (Å²) < 4.78 is 38.9. The molecule has 26 heavy (non-hydrogen) atoms. The fourth-order valence-electron chi connectivity index (χ4n) is 3.21. The highest BCUT2D eigenvalue weighted by molar-refractivity contribution is 7.92. The van der Waals surface area contributed by atoms with Gasteiger partial charge >= 0.3 is 0 Å². The van der Waals surface area contributed by atoms with Crippen LogP contribution in [0.25, 0.3) is 0 Å². The third-order valence-corrected chi connectivity index (χ3v) is 6.26. The molecule has 2 aliphatic rings. The van der Waals surface area contributed by atoms with E-state index in [4.69, 9.17) is 9.47 Å². The Labute approximate surface area is 151 Å². The van der Waals surface area contributed by atoms with Crippen LogP contribution in [0.3, 0.4) is 0 Å². The van der Waals surface area contributed by atoms with Crippen molar-refractivity contribution in [2.45, 2.75) is 11.8 Å².